The molecule has 0 aliphatic carbocycles. The molecule has 1 saturated heterocycles. The predicted molar refractivity (Wildman–Crippen MR) is 76.3 cm³/mol. The van der Waals surface area contributed by atoms with Gasteiger partial charge in [-0.2, -0.15) is 0 Å². The average Bonchev–Trinajstić information content (AvgIpc) is 2.81. The summed E-state index contributed by atoms with van der Waals surface area (Å²) in [4.78, 5) is 2.12. The third kappa shape index (κ3) is 2.83. The summed E-state index contributed by atoms with van der Waals surface area (Å²) in [7, 11) is 3.36. The lowest BCUT2D eigenvalue weighted by molar-refractivity contribution is -0.00461. The summed E-state index contributed by atoms with van der Waals surface area (Å²) in [6.07, 6.45) is 0.0714. The van der Waals surface area contributed by atoms with Crippen molar-refractivity contribution >= 4 is 23.1 Å². The van der Waals surface area contributed by atoms with E-state index in [2.05, 4.69) is 4.90 Å². The monoisotopic (exact) mass is 283 g/mol. The van der Waals surface area contributed by atoms with Crippen LogP contribution in [0.25, 0.3) is 0 Å². The van der Waals surface area contributed by atoms with Crippen LogP contribution in [0.4, 0.5) is 5.69 Å². The summed E-state index contributed by atoms with van der Waals surface area (Å²) in [5.74, 6) is 0.0133. The normalized spacial score (nSPS) is 22.8. The van der Waals surface area contributed by atoms with Gasteiger partial charge in [0, 0.05) is 32.9 Å². The summed E-state index contributed by atoms with van der Waals surface area (Å²) in [5, 5.41) is 7.98. The Morgan fingerprint density at radius 3 is 2.32 bits per heavy atom. The summed E-state index contributed by atoms with van der Waals surface area (Å²) in [6, 6.07) is 5.39. The van der Waals surface area contributed by atoms with Crippen molar-refractivity contribution in [2.24, 2.45) is 5.73 Å². The molecule has 0 aromatic heterocycles. The maximum atomic E-state index is 7.40. The second-order valence-electron chi connectivity index (χ2n) is 4.53. The zero-order valence-electron chi connectivity index (χ0n) is 11.0. The Kier molecular flexibility index (Phi) is 4.29. The molecule has 1 fully saturated rings. The Bertz CT molecular complexity index is 469. The average molecular weight is 284 g/mol. The highest BCUT2D eigenvalue weighted by atomic mass is 35.5. The number of nitrogen functional groups attached to an aromatic ring is 1. The van der Waals surface area contributed by atoms with Crippen molar-refractivity contribution in [3.05, 3.63) is 28.8 Å². The number of nitrogens with zero attached hydrogens (tertiary/aromatic N) is 1. The number of anilines is 1. The van der Waals surface area contributed by atoms with Crippen LogP contribution in [-0.2, 0) is 9.47 Å². The van der Waals surface area contributed by atoms with Crippen molar-refractivity contribution in [3.8, 4) is 0 Å². The number of nitrogens with two attached hydrogens (primary N) is 1. The highest BCUT2D eigenvalue weighted by Crippen LogP contribution is 2.30. The molecule has 2 atom stereocenters. The summed E-state index contributed by atoms with van der Waals surface area (Å²) in [5.41, 5.74) is 6.98. The van der Waals surface area contributed by atoms with E-state index >= 15 is 0 Å². The Morgan fingerprint density at radius 2 is 1.89 bits per heavy atom. The van der Waals surface area contributed by atoms with Gasteiger partial charge in [-0.25, -0.2) is 0 Å². The highest BCUT2D eigenvalue weighted by Gasteiger charge is 2.33. The van der Waals surface area contributed by atoms with Gasteiger partial charge in [0.2, 0.25) is 0 Å². The molecule has 19 heavy (non-hydrogen) atoms. The zero-order valence-corrected chi connectivity index (χ0v) is 11.8. The van der Waals surface area contributed by atoms with Crippen LogP contribution in [-0.4, -0.2) is 45.4 Å². The van der Waals surface area contributed by atoms with E-state index in [0.717, 1.165) is 18.8 Å². The molecule has 1 heterocycles. The second-order valence-corrected chi connectivity index (χ2v) is 4.94. The fourth-order valence-corrected chi connectivity index (χ4v) is 2.62. The third-order valence-corrected chi connectivity index (χ3v) is 3.72. The predicted octanol–water partition coefficient (Wildman–Crippen LogP) is 1.47. The minimum absolute atomic E-state index is 0.0133. The van der Waals surface area contributed by atoms with Gasteiger partial charge in [0.25, 0.3) is 0 Å². The molecule has 6 heteroatoms. The van der Waals surface area contributed by atoms with Crippen LogP contribution in [0.15, 0.2) is 18.2 Å². The molecule has 1 aliphatic heterocycles. The Morgan fingerprint density at radius 1 is 1.32 bits per heavy atom. The molecule has 0 amide bonds. The van der Waals surface area contributed by atoms with Gasteiger partial charge in [0.05, 0.1) is 10.7 Å². The lowest BCUT2D eigenvalue weighted by Gasteiger charge is -2.20. The standard InChI is InChI=1S/C13H18ClN3O2/c1-18-11-6-17(7-12(11)19-2)10-4-3-8(13(15)16)5-9(10)14/h3-5,11-12H,6-7H2,1-2H3,(H3,15,16). The first-order chi connectivity index (χ1) is 9.06. The number of benzene rings is 1. The van der Waals surface area contributed by atoms with Gasteiger partial charge in [0.15, 0.2) is 0 Å². The first-order valence-electron chi connectivity index (χ1n) is 6.01. The van der Waals surface area contributed by atoms with Crippen LogP contribution in [0.5, 0.6) is 0 Å². The number of hydrogen-bond acceptors (Lipinski definition) is 4. The molecule has 0 spiro atoms. The fourth-order valence-electron chi connectivity index (χ4n) is 2.32. The van der Waals surface area contributed by atoms with Gasteiger partial charge >= 0.3 is 0 Å². The van der Waals surface area contributed by atoms with E-state index in [4.69, 9.17) is 32.2 Å². The van der Waals surface area contributed by atoms with E-state index < -0.39 is 0 Å². The first kappa shape index (κ1) is 14.1. The number of rotatable bonds is 4. The lowest BCUT2D eigenvalue weighted by Crippen LogP contribution is -2.27. The van der Waals surface area contributed by atoms with Crippen molar-refractivity contribution in [2.45, 2.75) is 12.2 Å². The number of halogens is 1. The topological polar surface area (TPSA) is 71.6 Å². The molecule has 1 aromatic carbocycles. The van der Waals surface area contributed by atoms with Crippen LogP contribution in [0.3, 0.4) is 0 Å². The number of hydrogen-bond donors (Lipinski definition) is 2. The van der Waals surface area contributed by atoms with E-state index in [9.17, 15) is 0 Å². The van der Waals surface area contributed by atoms with E-state index in [1.165, 1.54) is 0 Å². The summed E-state index contributed by atoms with van der Waals surface area (Å²) >= 11 is 6.26. The number of ether oxygens (including phenoxy) is 2. The first-order valence-corrected chi connectivity index (χ1v) is 6.39. The van der Waals surface area contributed by atoms with Gasteiger partial charge in [-0.3, -0.25) is 5.41 Å². The SMILES string of the molecule is COC1CN(c2ccc(C(=N)N)cc2Cl)CC1OC. The molecule has 1 aromatic rings. The van der Waals surface area contributed by atoms with Crippen LogP contribution in [0, 0.1) is 5.41 Å². The van der Waals surface area contributed by atoms with Crippen LogP contribution in [0.2, 0.25) is 5.02 Å². The van der Waals surface area contributed by atoms with E-state index in [1.54, 1.807) is 26.4 Å². The fraction of sp³-hybridized carbons (Fsp3) is 0.462. The number of amidine groups is 1. The van der Waals surface area contributed by atoms with Gasteiger partial charge in [-0.15, -0.1) is 0 Å². The van der Waals surface area contributed by atoms with Gasteiger partial charge in [-0.1, -0.05) is 11.6 Å². The van der Waals surface area contributed by atoms with Gasteiger partial charge in [-0.05, 0) is 18.2 Å². The van der Waals surface area contributed by atoms with Crippen LogP contribution >= 0.6 is 11.6 Å². The van der Waals surface area contributed by atoms with E-state index in [1.807, 2.05) is 6.07 Å². The quantitative estimate of drug-likeness (QED) is 0.648. The second kappa shape index (κ2) is 5.77. The molecule has 0 bridgehead atoms. The molecule has 1 aliphatic rings. The molecular formula is C13H18ClN3O2. The van der Waals surface area contributed by atoms with Crippen molar-refractivity contribution in [1.82, 2.24) is 0 Å². The largest absolute Gasteiger partial charge is 0.384 e. The zero-order chi connectivity index (χ0) is 14.0. The highest BCUT2D eigenvalue weighted by molar-refractivity contribution is 6.33. The number of nitrogens with one attached hydrogen (secondary N) is 1. The lowest BCUT2D eigenvalue weighted by atomic mass is 10.2. The van der Waals surface area contributed by atoms with Crippen molar-refractivity contribution in [2.75, 3.05) is 32.2 Å². The molecular weight excluding hydrogens is 266 g/mol. The maximum Gasteiger partial charge on any atom is 0.122 e. The molecule has 104 valence electrons. The Hall–Kier alpha value is -1.30. The minimum atomic E-state index is 0.0133. The number of methoxy groups -OCH3 is 2. The van der Waals surface area contributed by atoms with Crippen molar-refractivity contribution in [1.29, 1.82) is 5.41 Å². The van der Waals surface area contributed by atoms with E-state index in [-0.39, 0.29) is 18.0 Å². The van der Waals surface area contributed by atoms with Gasteiger partial charge in [0.1, 0.15) is 18.0 Å². The van der Waals surface area contributed by atoms with Crippen molar-refractivity contribution in [3.63, 3.8) is 0 Å². The molecule has 0 radical (unpaired) electrons. The molecule has 2 rings (SSSR count). The maximum absolute atomic E-state index is 7.40. The molecule has 3 N–H and O–H groups in total. The Balaban J connectivity index is 2.21. The van der Waals surface area contributed by atoms with Gasteiger partial charge < -0.3 is 20.1 Å². The summed E-state index contributed by atoms with van der Waals surface area (Å²) < 4.78 is 10.8. The molecule has 5 nitrogen and oxygen atoms in total. The molecule has 0 saturated carbocycles. The third-order valence-electron chi connectivity index (χ3n) is 3.42. The molecule has 2 unspecified atom stereocenters. The Labute approximate surface area is 117 Å². The van der Waals surface area contributed by atoms with E-state index in [0.29, 0.717) is 10.6 Å². The smallest absolute Gasteiger partial charge is 0.122 e. The van der Waals surface area contributed by atoms with Crippen LogP contribution < -0.4 is 10.6 Å². The summed E-state index contributed by atoms with van der Waals surface area (Å²) in [6.45, 7) is 1.46. The van der Waals surface area contributed by atoms with Crippen molar-refractivity contribution < 1.29 is 9.47 Å². The minimum Gasteiger partial charge on any atom is -0.384 e. The van der Waals surface area contributed by atoms with Crippen LogP contribution in [0.1, 0.15) is 5.56 Å².